The van der Waals surface area contributed by atoms with Crippen LogP contribution < -0.4 is 4.90 Å². The van der Waals surface area contributed by atoms with E-state index in [1.807, 2.05) is 41.5 Å². The predicted octanol–water partition coefficient (Wildman–Crippen LogP) is 2.17. The first-order chi connectivity index (χ1) is 7.29. The van der Waals surface area contributed by atoms with Gasteiger partial charge in [-0.05, 0) is 18.2 Å². The number of Topliss-reactive ketones (excluding diaryl/α,β-unsaturated/α-hetero) is 1. The van der Waals surface area contributed by atoms with Crippen molar-refractivity contribution >= 4 is 11.5 Å². The van der Waals surface area contributed by atoms with Gasteiger partial charge in [0.25, 0.3) is 0 Å². The lowest BCUT2D eigenvalue weighted by Crippen LogP contribution is -2.20. The van der Waals surface area contributed by atoms with E-state index < -0.39 is 0 Å². The molecule has 0 radical (unpaired) electrons. The molecule has 1 aromatic heterocycles. The van der Waals surface area contributed by atoms with Crippen LogP contribution in [0.1, 0.15) is 17.4 Å². The standard InChI is InChI=1S/C12H12N2O/c1-10(15)12-11(6-5-7-13-12)14-8-3-2-4-9-14/h2-8H,9H2,1H3. The zero-order chi connectivity index (χ0) is 10.7. The topological polar surface area (TPSA) is 33.2 Å². The predicted molar refractivity (Wildman–Crippen MR) is 59.9 cm³/mol. The summed E-state index contributed by atoms with van der Waals surface area (Å²) in [7, 11) is 0. The SMILES string of the molecule is CC(=O)c1ncccc1N1C=CC=CC1. The number of pyridine rings is 1. The minimum absolute atomic E-state index is 0.00597. The molecule has 0 aliphatic carbocycles. The number of hydrogen-bond acceptors (Lipinski definition) is 3. The van der Waals surface area contributed by atoms with Crippen LogP contribution in [0.15, 0.2) is 42.8 Å². The summed E-state index contributed by atoms with van der Waals surface area (Å²) in [6, 6.07) is 3.75. The molecule has 3 heteroatoms. The molecule has 1 aliphatic heterocycles. The molecule has 0 bridgehead atoms. The number of ketones is 1. The third-order valence-corrected chi connectivity index (χ3v) is 2.24. The average molecular weight is 200 g/mol. The number of aromatic nitrogens is 1. The van der Waals surface area contributed by atoms with E-state index >= 15 is 0 Å². The Kier molecular flexibility index (Phi) is 2.63. The highest BCUT2D eigenvalue weighted by molar-refractivity contribution is 5.97. The Bertz CT molecular complexity index is 435. The first kappa shape index (κ1) is 9.65. The van der Waals surface area contributed by atoms with E-state index in [2.05, 4.69) is 4.98 Å². The first-order valence-electron chi connectivity index (χ1n) is 4.85. The molecule has 0 aromatic carbocycles. The van der Waals surface area contributed by atoms with Crippen molar-refractivity contribution in [3.8, 4) is 0 Å². The Morgan fingerprint density at radius 2 is 2.33 bits per heavy atom. The minimum atomic E-state index is -0.00597. The zero-order valence-corrected chi connectivity index (χ0v) is 8.55. The molecule has 0 spiro atoms. The third kappa shape index (κ3) is 1.96. The molecular formula is C12H12N2O. The van der Waals surface area contributed by atoms with Gasteiger partial charge < -0.3 is 4.90 Å². The highest BCUT2D eigenvalue weighted by Crippen LogP contribution is 2.20. The van der Waals surface area contributed by atoms with Gasteiger partial charge in [-0.15, -0.1) is 0 Å². The fraction of sp³-hybridized carbons (Fsp3) is 0.167. The minimum Gasteiger partial charge on any atom is -0.342 e. The normalized spacial score (nSPS) is 14.3. The molecule has 76 valence electrons. The lowest BCUT2D eigenvalue weighted by molar-refractivity contribution is 0.101. The summed E-state index contributed by atoms with van der Waals surface area (Å²) in [6.45, 7) is 2.32. The Hall–Kier alpha value is -1.90. The molecule has 1 aliphatic rings. The molecule has 0 saturated heterocycles. The molecule has 3 nitrogen and oxygen atoms in total. The fourth-order valence-corrected chi connectivity index (χ4v) is 1.55. The fourth-order valence-electron chi connectivity index (χ4n) is 1.55. The van der Waals surface area contributed by atoms with Crippen molar-refractivity contribution in [2.24, 2.45) is 0 Å². The largest absolute Gasteiger partial charge is 0.342 e. The van der Waals surface area contributed by atoms with E-state index in [4.69, 9.17) is 0 Å². The molecule has 2 heterocycles. The van der Waals surface area contributed by atoms with Crippen LogP contribution in [-0.4, -0.2) is 17.3 Å². The van der Waals surface area contributed by atoms with Crippen LogP contribution in [-0.2, 0) is 0 Å². The number of carbonyl (C=O) groups excluding carboxylic acids is 1. The second-order valence-corrected chi connectivity index (χ2v) is 3.35. The number of nitrogens with zero attached hydrogens (tertiary/aromatic N) is 2. The number of rotatable bonds is 2. The lowest BCUT2D eigenvalue weighted by Gasteiger charge is -2.21. The molecule has 0 atom stereocenters. The molecule has 15 heavy (non-hydrogen) atoms. The summed E-state index contributed by atoms with van der Waals surface area (Å²) in [5.74, 6) is -0.00597. The van der Waals surface area contributed by atoms with Gasteiger partial charge in [-0.2, -0.15) is 0 Å². The van der Waals surface area contributed by atoms with Gasteiger partial charge >= 0.3 is 0 Å². The van der Waals surface area contributed by atoms with Crippen molar-refractivity contribution in [2.75, 3.05) is 11.4 Å². The molecule has 0 saturated carbocycles. The van der Waals surface area contributed by atoms with Crippen molar-refractivity contribution in [1.82, 2.24) is 4.98 Å². The van der Waals surface area contributed by atoms with Gasteiger partial charge in [0, 0.05) is 25.9 Å². The molecular weight excluding hydrogens is 188 g/mol. The van der Waals surface area contributed by atoms with Crippen LogP contribution >= 0.6 is 0 Å². The number of allylic oxidation sites excluding steroid dienone is 2. The monoisotopic (exact) mass is 200 g/mol. The average Bonchev–Trinajstić information content (AvgIpc) is 2.30. The summed E-state index contributed by atoms with van der Waals surface area (Å²) in [6.07, 6.45) is 9.56. The van der Waals surface area contributed by atoms with Gasteiger partial charge in [-0.25, -0.2) is 0 Å². The van der Waals surface area contributed by atoms with E-state index in [-0.39, 0.29) is 5.78 Å². The van der Waals surface area contributed by atoms with Crippen molar-refractivity contribution in [3.63, 3.8) is 0 Å². The summed E-state index contributed by atoms with van der Waals surface area (Å²) in [5, 5.41) is 0. The molecule has 0 N–H and O–H groups in total. The summed E-state index contributed by atoms with van der Waals surface area (Å²) >= 11 is 0. The molecule has 0 fully saturated rings. The van der Waals surface area contributed by atoms with E-state index in [1.165, 1.54) is 6.92 Å². The Morgan fingerprint density at radius 3 is 3.00 bits per heavy atom. The van der Waals surface area contributed by atoms with Crippen LogP contribution in [0.3, 0.4) is 0 Å². The number of anilines is 1. The van der Waals surface area contributed by atoms with Crippen molar-refractivity contribution < 1.29 is 4.79 Å². The Balaban J connectivity index is 2.39. The van der Waals surface area contributed by atoms with Gasteiger partial charge in [0.1, 0.15) is 5.69 Å². The van der Waals surface area contributed by atoms with E-state index in [1.54, 1.807) is 6.20 Å². The molecule has 1 aromatic rings. The molecule has 2 rings (SSSR count). The Labute approximate surface area is 88.7 Å². The molecule has 0 unspecified atom stereocenters. The Morgan fingerprint density at radius 1 is 1.47 bits per heavy atom. The van der Waals surface area contributed by atoms with E-state index in [0.717, 1.165) is 12.2 Å². The number of hydrogen-bond donors (Lipinski definition) is 0. The smallest absolute Gasteiger partial charge is 0.180 e. The van der Waals surface area contributed by atoms with Crippen molar-refractivity contribution in [1.29, 1.82) is 0 Å². The summed E-state index contributed by atoms with van der Waals surface area (Å²) in [4.78, 5) is 17.5. The third-order valence-electron chi connectivity index (χ3n) is 2.24. The zero-order valence-electron chi connectivity index (χ0n) is 8.55. The van der Waals surface area contributed by atoms with Gasteiger partial charge in [0.2, 0.25) is 0 Å². The maximum Gasteiger partial charge on any atom is 0.180 e. The van der Waals surface area contributed by atoms with Crippen LogP contribution in [0.4, 0.5) is 5.69 Å². The summed E-state index contributed by atoms with van der Waals surface area (Å²) < 4.78 is 0. The van der Waals surface area contributed by atoms with Crippen molar-refractivity contribution in [2.45, 2.75) is 6.92 Å². The maximum atomic E-state index is 11.4. The first-order valence-corrected chi connectivity index (χ1v) is 4.85. The highest BCUT2D eigenvalue weighted by Gasteiger charge is 2.12. The lowest BCUT2D eigenvalue weighted by atomic mass is 10.2. The number of carbonyl (C=O) groups is 1. The van der Waals surface area contributed by atoms with E-state index in [0.29, 0.717) is 5.69 Å². The highest BCUT2D eigenvalue weighted by atomic mass is 16.1. The van der Waals surface area contributed by atoms with E-state index in [9.17, 15) is 4.79 Å². The van der Waals surface area contributed by atoms with Gasteiger partial charge in [-0.3, -0.25) is 9.78 Å². The summed E-state index contributed by atoms with van der Waals surface area (Å²) in [5.41, 5.74) is 1.39. The van der Waals surface area contributed by atoms with Crippen LogP contribution in [0.25, 0.3) is 0 Å². The van der Waals surface area contributed by atoms with Gasteiger partial charge in [0.05, 0.1) is 5.69 Å². The quantitative estimate of drug-likeness (QED) is 0.686. The van der Waals surface area contributed by atoms with Crippen LogP contribution in [0.2, 0.25) is 0 Å². The maximum absolute atomic E-state index is 11.4. The van der Waals surface area contributed by atoms with Gasteiger partial charge in [-0.1, -0.05) is 12.2 Å². The van der Waals surface area contributed by atoms with Crippen LogP contribution in [0, 0.1) is 0 Å². The van der Waals surface area contributed by atoms with Crippen LogP contribution in [0.5, 0.6) is 0 Å². The second-order valence-electron chi connectivity index (χ2n) is 3.35. The van der Waals surface area contributed by atoms with Gasteiger partial charge in [0.15, 0.2) is 5.78 Å². The second kappa shape index (κ2) is 4.09. The van der Waals surface area contributed by atoms with Crippen molar-refractivity contribution in [3.05, 3.63) is 48.5 Å². The molecule has 0 amide bonds.